The van der Waals surface area contributed by atoms with Crippen molar-refractivity contribution in [3.8, 4) is 11.1 Å². The Morgan fingerprint density at radius 3 is 2.47 bits per heavy atom. The van der Waals surface area contributed by atoms with Crippen molar-refractivity contribution in [2.45, 2.75) is 0 Å². The summed E-state index contributed by atoms with van der Waals surface area (Å²) in [5.41, 5.74) is 0.873. The molecule has 0 aliphatic rings. The molecule has 0 fully saturated rings. The van der Waals surface area contributed by atoms with E-state index in [2.05, 4.69) is 4.98 Å². The first-order chi connectivity index (χ1) is 7.16. The van der Waals surface area contributed by atoms with Crippen LogP contribution >= 0.6 is 11.6 Å². The van der Waals surface area contributed by atoms with Crippen LogP contribution in [-0.4, -0.2) is 4.98 Å². The standard InChI is InChI=1S/C11H6ClF2N/c12-11-4-1-7(6-15-11)9-3-2-8(13)5-10(9)14/h1-6H. The highest BCUT2D eigenvalue weighted by molar-refractivity contribution is 6.29. The summed E-state index contributed by atoms with van der Waals surface area (Å²) in [5, 5.41) is 0.335. The van der Waals surface area contributed by atoms with Crippen LogP contribution in [0.2, 0.25) is 5.15 Å². The molecule has 2 aromatic rings. The van der Waals surface area contributed by atoms with Gasteiger partial charge in [-0.25, -0.2) is 13.8 Å². The lowest BCUT2D eigenvalue weighted by atomic mass is 10.1. The molecule has 0 saturated heterocycles. The first-order valence-electron chi connectivity index (χ1n) is 4.24. The second-order valence-corrected chi connectivity index (χ2v) is 3.38. The maximum Gasteiger partial charge on any atom is 0.133 e. The normalized spacial score (nSPS) is 10.3. The zero-order valence-electron chi connectivity index (χ0n) is 7.55. The van der Waals surface area contributed by atoms with Gasteiger partial charge < -0.3 is 0 Å². The Labute approximate surface area is 90.3 Å². The zero-order chi connectivity index (χ0) is 10.8. The van der Waals surface area contributed by atoms with E-state index >= 15 is 0 Å². The van der Waals surface area contributed by atoms with E-state index in [0.29, 0.717) is 16.3 Å². The molecule has 1 nitrogen and oxygen atoms in total. The number of hydrogen-bond acceptors (Lipinski definition) is 1. The summed E-state index contributed by atoms with van der Waals surface area (Å²) in [6.07, 6.45) is 1.44. The van der Waals surface area contributed by atoms with Crippen LogP contribution in [0.5, 0.6) is 0 Å². The van der Waals surface area contributed by atoms with Gasteiger partial charge in [0.15, 0.2) is 0 Å². The van der Waals surface area contributed by atoms with Gasteiger partial charge in [0, 0.05) is 23.4 Å². The SMILES string of the molecule is Fc1ccc(-c2ccc(Cl)nc2)c(F)c1. The molecule has 15 heavy (non-hydrogen) atoms. The van der Waals surface area contributed by atoms with Crippen molar-refractivity contribution in [1.29, 1.82) is 0 Å². The Morgan fingerprint density at radius 2 is 1.87 bits per heavy atom. The molecule has 0 aliphatic heterocycles. The van der Waals surface area contributed by atoms with E-state index in [1.165, 1.54) is 18.3 Å². The predicted molar refractivity (Wildman–Crippen MR) is 54.6 cm³/mol. The summed E-state index contributed by atoms with van der Waals surface area (Å²) in [7, 11) is 0. The molecule has 0 radical (unpaired) electrons. The number of hydrogen-bond donors (Lipinski definition) is 0. The van der Waals surface area contributed by atoms with Gasteiger partial charge in [0.05, 0.1) is 0 Å². The summed E-state index contributed by atoms with van der Waals surface area (Å²) in [5.74, 6) is -1.21. The largest absolute Gasteiger partial charge is 0.244 e. The lowest BCUT2D eigenvalue weighted by Gasteiger charge is -2.02. The van der Waals surface area contributed by atoms with Gasteiger partial charge in [-0.15, -0.1) is 0 Å². The van der Waals surface area contributed by atoms with Crippen LogP contribution in [0.25, 0.3) is 11.1 Å². The average Bonchev–Trinajstić information content (AvgIpc) is 2.20. The second-order valence-electron chi connectivity index (χ2n) is 2.99. The van der Waals surface area contributed by atoms with Crippen molar-refractivity contribution < 1.29 is 8.78 Å². The van der Waals surface area contributed by atoms with Crippen molar-refractivity contribution in [1.82, 2.24) is 4.98 Å². The Kier molecular flexibility index (Phi) is 2.64. The Hall–Kier alpha value is -1.48. The first-order valence-corrected chi connectivity index (χ1v) is 4.61. The van der Waals surface area contributed by atoms with Crippen LogP contribution in [0.1, 0.15) is 0 Å². The second kappa shape index (κ2) is 3.95. The summed E-state index contributed by atoms with van der Waals surface area (Å²) < 4.78 is 26.0. The first kappa shape index (κ1) is 10.1. The van der Waals surface area contributed by atoms with Gasteiger partial charge in [0.25, 0.3) is 0 Å². The molecule has 76 valence electrons. The van der Waals surface area contributed by atoms with E-state index in [0.717, 1.165) is 6.07 Å². The summed E-state index contributed by atoms with van der Waals surface area (Å²) in [4.78, 5) is 3.82. The van der Waals surface area contributed by atoms with Gasteiger partial charge in [-0.1, -0.05) is 11.6 Å². The fraction of sp³-hybridized carbons (Fsp3) is 0. The van der Waals surface area contributed by atoms with Crippen LogP contribution in [0.15, 0.2) is 36.5 Å². The van der Waals surface area contributed by atoms with Gasteiger partial charge >= 0.3 is 0 Å². The molecule has 0 aliphatic carbocycles. The number of halogens is 3. The molecule has 0 bridgehead atoms. The summed E-state index contributed by atoms with van der Waals surface area (Å²) >= 11 is 5.60. The molecule has 0 amide bonds. The fourth-order valence-corrected chi connectivity index (χ4v) is 1.37. The van der Waals surface area contributed by atoms with Crippen molar-refractivity contribution >= 4 is 11.6 Å². The fourth-order valence-electron chi connectivity index (χ4n) is 1.26. The van der Waals surface area contributed by atoms with Gasteiger partial charge in [0.2, 0.25) is 0 Å². The van der Waals surface area contributed by atoms with E-state index in [1.54, 1.807) is 12.1 Å². The molecule has 0 saturated carbocycles. The smallest absolute Gasteiger partial charge is 0.133 e. The number of aromatic nitrogens is 1. The minimum Gasteiger partial charge on any atom is -0.244 e. The molecule has 0 N–H and O–H groups in total. The molecule has 1 heterocycles. The van der Waals surface area contributed by atoms with Gasteiger partial charge in [-0.2, -0.15) is 0 Å². The average molecular weight is 226 g/mol. The monoisotopic (exact) mass is 225 g/mol. The minimum absolute atomic E-state index is 0.306. The third-order valence-corrected chi connectivity index (χ3v) is 2.19. The van der Waals surface area contributed by atoms with Crippen LogP contribution < -0.4 is 0 Å². The molecule has 4 heteroatoms. The van der Waals surface area contributed by atoms with Crippen LogP contribution in [-0.2, 0) is 0 Å². The summed E-state index contributed by atoms with van der Waals surface area (Å²) in [6.45, 7) is 0. The van der Waals surface area contributed by atoms with E-state index in [4.69, 9.17) is 11.6 Å². The third-order valence-electron chi connectivity index (χ3n) is 1.97. The maximum atomic E-state index is 13.3. The van der Waals surface area contributed by atoms with E-state index < -0.39 is 11.6 Å². The Bertz CT molecular complexity index is 482. The molecular formula is C11H6ClF2N. The van der Waals surface area contributed by atoms with Crippen LogP contribution in [0.3, 0.4) is 0 Å². The van der Waals surface area contributed by atoms with E-state index in [-0.39, 0.29) is 0 Å². The van der Waals surface area contributed by atoms with Crippen molar-refractivity contribution in [2.24, 2.45) is 0 Å². The number of rotatable bonds is 1. The molecule has 1 aromatic carbocycles. The number of benzene rings is 1. The lowest BCUT2D eigenvalue weighted by molar-refractivity contribution is 0.585. The maximum absolute atomic E-state index is 13.3. The number of nitrogens with zero attached hydrogens (tertiary/aromatic N) is 1. The third kappa shape index (κ3) is 2.13. The minimum atomic E-state index is -0.612. The van der Waals surface area contributed by atoms with Crippen molar-refractivity contribution in [2.75, 3.05) is 0 Å². The van der Waals surface area contributed by atoms with Gasteiger partial charge in [-0.3, -0.25) is 0 Å². The quantitative estimate of drug-likeness (QED) is 0.675. The predicted octanol–water partition coefficient (Wildman–Crippen LogP) is 3.68. The van der Waals surface area contributed by atoms with Gasteiger partial charge in [0.1, 0.15) is 16.8 Å². The van der Waals surface area contributed by atoms with Crippen molar-refractivity contribution in [3.05, 3.63) is 53.3 Å². The number of pyridine rings is 1. The van der Waals surface area contributed by atoms with Crippen LogP contribution in [0, 0.1) is 11.6 Å². The lowest BCUT2D eigenvalue weighted by Crippen LogP contribution is -1.87. The van der Waals surface area contributed by atoms with E-state index in [9.17, 15) is 8.78 Å². The molecular weight excluding hydrogens is 220 g/mol. The summed E-state index contributed by atoms with van der Waals surface area (Å²) in [6, 6.07) is 6.60. The molecule has 0 unspecified atom stereocenters. The highest BCUT2D eigenvalue weighted by atomic mass is 35.5. The molecule has 0 atom stereocenters. The van der Waals surface area contributed by atoms with Gasteiger partial charge in [-0.05, 0) is 24.3 Å². The molecule has 2 rings (SSSR count). The topological polar surface area (TPSA) is 12.9 Å². The molecule has 0 spiro atoms. The van der Waals surface area contributed by atoms with Crippen LogP contribution in [0.4, 0.5) is 8.78 Å². The highest BCUT2D eigenvalue weighted by Crippen LogP contribution is 2.23. The van der Waals surface area contributed by atoms with E-state index in [1.807, 2.05) is 0 Å². The molecule has 1 aromatic heterocycles. The highest BCUT2D eigenvalue weighted by Gasteiger charge is 2.06. The zero-order valence-corrected chi connectivity index (χ0v) is 8.30. The Balaban J connectivity index is 2.49. The Morgan fingerprint density at radius 1 is 1.07 bits per heavy atom. The van der Waals surface area contributed by atoms with Crippen molar-refractivity contribution in [3.63, 3.8) is 0 Å².